The van der Waals surface area contributed by atoms with E-state index in [0.717, 1.165) is 19.9 Å². The maximum Gasteiger partial charge on any atom is 0.338 e. The van der Waals surface area contributed by atoms with Crippen LogP contribution in [0.25, 0.3) is 0 Å². The van der Waals surface area contributed by atoms with Crippen LogP contribution in [0.2, 0.25) is 5.02 Å². The molecule has 0 aliphatic carbocycles. The lowest BCUT2D eigenvalue weighted by Crippen LogP contribution is -2.34. The number of thioether (sulfide) groups is 1. The van der Waals surface area contributed by atoms with Gasteiger partial charge in [0.25, 0.3) is 0 Å². The van der Waals surface area contributed by atoms with Crippen LogP contribution in [0.5, 0.6) is 11.5 Å². The predicted octanol–water partition coefficient (Wildman–Crippen LogP) is 6.30. The molecule has 2 aromatic rings. The molecule has 0 spiro atoms. The molecule has 0 amide bonds. The average Bonchev–Trinajstić information content (AvgIpc) is 3.26. The van der Waals surface area contributed by atoms with Crippen LogP contribution in [0.1, 0.15) is 31.0 Å². The van der Waals surface area contributed by atoms with Crippen molar-refractivity contribution in [3.05, 3.63) is 79.0 Å². The van der Waals surface area contributed by atoms with Gasteiger partial charge in [0.2, 0.25) is 0 Å². The average molecular weight is 597 g/mol. The Hall–Kier alpha value is -2.17. The highest BCUT2D eigenvalue weighted by atomic mass is 127. The largest absolute Gasteiger partial charge is 0.493 e. The Morgan fingerprint density at radius 1 is 1.27 bits per heavy atom. The number of amidine groups is 1. The summed E-state index contributed by atoms with van der Waals surface area (Å²) in [5.74, 6) is 0.864. The van der Waals surface area contributed by atoms with Gasteiger partial charge in [0.05, 0.1) is 34.6 Å². The van der Waals surface area contributed by atoms with E-state index in [1.165, 1.54) is 11.8 Å². The molecule has 1 atom stereocenters. The zero-order valence-electron chi connectivity index (χ0n) is 18.3. The van der Waals surface area contributed by atoms with Crippen molar-refractivity contribution in [1.82, 2.24) is 4.90 Å². The summed E-state index contributed by atoms with van der Waals surface area (Å²) in [7, 11) is 1.61. The van der Waals surface area contributed by atoms with Gasteiger partial charge in [-0.1, -0.05) is 35.5 Å². The monoisotopic (exact) mass is 596 g/mol. The first kappa shape index (κ1) is 24.0. The second-order valence-electron chi connectivity index (χ2n) is 7.28. The Kier molecular flexibility index (Phi) is 7.55. The van der Waals surface area contributed by atoms with Gasteiger partial charge in [0, 0.05) is 11.2 Å². The van der Waals surface area contributed by atoms with E-state index in [1.54, 1.807) is 14.0 Å². The molecule has 0 fully saturated rings. The van der Waals surface area contributed by atoms with E-state index in [-0.39, 0.29) is 12.0 Å². The first-order chi connectivity index (χ1) is 15.9. The number of hydrogen-bond donors (Lipinski definition) is 0. The molecular formula is C24H22ClIN2O4S. The lowest BCUT2D eigenvalue weighted by atomic mass is 9.94. The first-order valence-corrected chi connectivity index (χ1v) is 12.6. The molecule has 2 aliphatic heterocycles. The van der Waals surface area contributed by atoms with E-state index in [0.29, 0.717) is 41.0 Å². The van der Waals surface area contributed by atoms with Gasteiger partial charge >= 0.3 is 5.97 Å². The molecule has 0 radical (unpaired) electrons. The van der Waals surface area contributed by atoms with Gasteiger partial charge in [-0.05, 0) is 77.2 Å². The molecule has 0 aromatic heterocycles. The second kappa shape index (κ2) is 10.4. The Bertz CT molecular complexity index is 1160. The van der Waals surface area contributed by atoms with Crippen molar-refractivity contribution in [2.75, 3.05) is 13.7 Å². The molecule has 2 aromatic carbocycles. The van der Waals surface area contributed by atoms with E-state index >= 15 is 0 Å². The number of methoxy groups -OCH3 is 1. The fourth-order valence-electron chi connectivity index (χ4n) is 3.67. The number of aliphatic imine (C=N–C) groups is 1. The van der Waals surface area contributed by atoms with Gasteiger partial charge < -0.3 is 19.1 Å². The third-order valence-electron chi connectivity index (χ3n) is 5.18. The normalized spacial score (nSPS) is 17.1. The fraction of sp³-hybridized carbons (Fsp3) is 0.250. The van der Waals surface area contributed by atoms with Crippen LogP contribution in [-0.4, -0.2) is 29.8 Å². The SMILES string of the molecule is CCOC(=O)C1=C(C)N=C2SC=CN2[C@@H]1c1cc(I)c(OCc2ccc(Cl)cc2)c(OC)c1. The van der Waals surface area contributed by atoms with Gasteiger partial charge in [0.15, 0.2) is 16.7 Å². The van der Waals surface area contributed by atoms with Crippen molar-refractivity contribution in [2.24, 2.45) is 4.99 Å². The maximum absolute atomic E-state index is 12.9. The number of hydrogen-bond acceptors (Lipinski definition) is 7. The summed E-state index contributed by atoms with van der Waals surface area (Å²) in [6.07, 6.45) is 1.93. The second-order valence-corrected chi connectivity index (χ2v) is 9.75. The molecule has 2 aliphatic rings. The summed E-state index contributed by atoms with van der Waals surface area (Å²) >= 11 is 9.73. The van der Waals surface area contributed by atoms with Crippen LogP contribution in [-0.2, 0) is 16.1 Å². The molecule has 4 rings (SSSR count). The molecule has 172 valence electrons. The predicted molar refractivity (Wildman–Crippen MR) is 140 cm³/mol. The number of nitrogens with zero attached hydrogens (tertiary/aromatic N) is 2. The van der Waals surface area contributed by atoms with Crippen LogP contribution >= 0.6 is 46.0 Å². The molecular weight excluding hydrogens is 575 g/mol. The molecule has 0 saturated carbocycles. The Morgan fingerprint density at radius 3 is 2.73 bits per heavy atom. The third kappa shape index (κ3) is 5.02. The standard InChI is InChI=1S/C24H22ClIN2O4S/c1-4-31-23(29)20-14(2)27-24-28(9-10-33-24)21(20)16-11-18(26)22(19(12-16)30-3)32-13-15-5-7-17(25)8-6-15/h5-12,21H,4,13H2,1-3H3/t21-/m1/s1. The first-order valence-electron chi connectivity index (χ1n) is 10.3. The number of carbonyl (C=O) groups is 1. The lowest BCUT2D eigenvalue weighted by Gasteiger charge is -2.33. The van der Waals surface area contributed by atoms with E-state index < -0.39 is 0 Å². The van der Waals surface area contributed by atoms with E-state index in [4.69, 9.17) is 25.8 Å². The highest BCUT2D eigenvalue weighted by molar-refractivity contribution is 14.1. The number of halogens is 2. The molecule has 0 N–H and O–H groups in total. The summed E-state index contributed by atoms with van der Waals surface area (Å²) < 4.78 is 18.0. The number of esters is 1. The summed E-state index contributed by atoms with van der Waals surface area (Å²) in [6, 6.07) is 11.1. The summed E-state index contributed by atoms with van der Waals surface area (Å²) in [5, 5.41) is 3.46. The topological polar surface area (TPSA) is 60.4 Å². The van der Waals surface area contributed by atoms with Gasteiger partial charge in [-0.25, -0.2) is 9.79 Å². The molecule has 6 nitrogen and oxygen atoms in total. The lowest BCUT2D eigenvalue weighted by molar-refractivity contribution is -0.139. The molecule has 0 bridgehead atoms. The highest BCUT2D eigenvalue weighted by Gasteiger charge is 2.38. The highest BCUT2D eigenvalue weighted by Crippen LogP contribution is 2.44. The summed E-state index contributed by atoms with van der Waals surface area (Å²) in [4.78, 5) is 19.5. The number of carbonyl (C=O) groups excluding carboxylic acids is 1. The maximum atomic E-state index is 12.9. The van der Waals surface area contributed by atoms with E-state index in [9.17, 15) is 4.79 Å². The Morgan fingerprint density at radius 2 is 2.03 bits per heavy atom. The number of ether oxygens (including phenoxy) is 3. The number of fused-ring (bicyclic) bond motifs is 1. The van der Waals surface area contributed by atoms with Gasteiger partial charge in [-0.15, -0.1) is 0 Å². The summed E-state index contributed by atoms with van der Waals surface area (Å²) in [6.45, 7) is 4.31. The third-order valence-corrected chi connectivity index (χ3v) is 7.00. The van der Waals surface area contributed by atoms with Crippen LogP contribution < -0.4 is 9.47 Å². The molecule has 0 saturated heterocycles. The molecule has 0 unspecified atom stereocenters. The van der Waals surface area contributed by atoms with Crippen molar-refractivity contribution >= 4 is 57.1 Å². The van der Waals surface area contributed by atoms with Crippen molar-refractivity contribution in [1.29, 1.82) is 0 Å². The van der Waals surface area contributed by atoms with Crippen molar-refractivity contribution in [2.45, 2.75) is 26.5 Å². The van der Waals surface area contributed by atoms with E-state index in [1.807, 2.05) is 59.8 Å². The number of benzene rings is 2. The number of rotatable bonds is 7. The minimum absolute atomic E-state index is 0.293. The minimum Gasteiger partial charge on any atom is -0.493 e. The van der Waals surface area contributed by atoms with Crippen LogP contribution in [0.4, 0.5) is 0 Å². The Balaban J connectivity index is 1.70. The van der Waals surface area contributed by atoms with E-state index in [2.05, 4.69) is 27.6 Å². The van der Waals surface area contributed by atoms with Crippen molar-refractivity contribution in [3.63, 3.8) is 0 Å². The quantitative estimate of drug-likeness (QED) is 0.276. The van der Waals surface area contributed by atoms with Crippen LogP contribution in [0, 0.1) is 3.57 Å². The minimum atomic E-state index is -0.379. The smallest absolute Gasteiger partial charge is 0.338 e. The Labute approximate surface area is 215 Å². The summed E-state index contributed by atoms with van der Waals surface area (Å²) in [5.41, 5.74) is 3.05. The van der Waals surface area contributed by atoms with Gasteiger partial charge in [0.1, 0.15) is 6.61 Å². The van der Waals surface area contributed by atoms with Gasteiger partial charge in [-0.2, -0.15) is 0 Å². The molecule has 2 heterocycles. The number of allylic oxidation sites excluding steroid dienone is 1. The van der Waals surface area contributed by atoms with Gasteiger partial charge in [-0.3, -0.25) is 0 Å². The van der Waals surface area contributed by atoms with Crippen molar-refractivity contribution < 1.29 is 19.0 Å². The zero-order valence-corrected chi connectivity index (χ0v) is 22.0. The van der Waals surface area contributed by atoms with Crippen LogP contribution in [0.3, 0.4) is 0 Å². The fourth-order valence-corrected chi connectivity index (χ4v) is 5.37. The zero-order chi connectivity index (χ0) is 23.5. The van der Waals surface area contributed by atoms with Crippen LogP contribution in [0.15, 0.2) is 64.3 Å². The molecule has 9 heteroatoms. The van der Waals surface area contributed by atoms with Crippen molar-refractivity contribution in [3.8, 4) is 11.5 Å². The molecule has 33 heavy (non-hydrogen) atoms.